The smallest absolute Gasteiger partial charge is 0.329 e. The molecule has 2 atom stereocenters. The van der Waals surface area contributed by atoms with E-state index in [0.29, 0.717) is 25.3 Å². The van der Waals surface area contributed by atoms with Gasteiger partial charge in [0.15, 0.2) is 11.4 Å². The van der Waals surface area contributed by atoms with Crippen LogP contribution < -0.4 is 5.73 Å². The van der Waals surface area contributed by atoms with Crippen LogP contribution in [0, 0.1) is 28.5 Å². The second kappa shape index (κ2) is 27.3. The van der Waals surface area contributed by atoms with Crippen LogP contribution >= 0.6 is 8.60 Å². The third-order valence-corrected chi connectivity index (χ3v) is 9.81. The molecule has 0 aliphatic carbocycles. The van der Waals surface area contributed by atoms with Crippen LogP contribution in [0.3, 0.4) is 0 Å². The van der Waals surface area contributed by atoms with Gasteiger partial charge in [0.05, 0.1) is 24.8 Å². The molecule has 0 saturated heterocycles. The SMILES string of the molecule is CCCCCCCCCCCCCCCCCCCCOP(O)OCC(C#N)(CCc1ccc2c(N)ncnn12)OC.N#Cc1cc(O)cc(F)c1. The molecular formula is C39H60FN6O5P. The predicted molar refractivity (Wildman–Crippen MR) is 204 cm³/mol. The number of halogens is 1. The number of anilines is 1. The van der Waals surface area contributed by atoms with E-state index in [1.54, 1.807) is 10.6 Å². The minimum Gasteiger partial charge on any atom is -0.508 e. The molecule has 0 bridgehead atoms. The molecule has 3 rings (SSSR count). The van der Waals surface area contributed by atoms with Gasteiger partial charge in [-0.3, -0.25) is 0 Å². The number of aromatic nitrogens is 3. The molecule has 0 spiro atoms. The van der Waals surface area contributed by atoms with E-state index in [0.717, 1.165) is 36.2 Å². The molecule has 2 aromatic heterocycles. The van der Waals surface area contributed by atoms with Gasteiger partial charge in [0.25, 0.3) is 0 Å². The molecule has 0 radical (unpaired) electrons. The largest absolute Gasteiger partial charge is 0.508 e. The molecule has 13 heteroatoms. The van der Waals surface area contributed by atoms with Crippen molar-refractivity contribution in [2.75, 3.05) is 26.1 Å². The van der Waals surface area contributed by atoms with E-state index in [-0.39, 0.29) is 17.9 Å². The number of methoxy groups -OCH3 is 1. The Hall–Kier alpha value is -3.38. The first-order valence-corrected chi connectivity index (χ1v) is 20.1. The zero-order valence-corrected chi connectivity index (χ0v) is 32.2. The van der Waals surface area contributed by atoms with E-state index in [9.17, 15) is 14.5 Å². The van der Waals surface area contributed by atoms with Gasteiger partial charge in [-0.1, -0.05) is 116 Å². The molecular weight excluding hydrogens is 682 g/mol. The molecule has 4 N–H and O–H groups in total. The molecule has 2 unspecified atom stereocenters. The number of phenolic OH excluding ortho intramolecular Hbond substituents is 1. The lowest BCUT2D eigenvalue weighted by atomic mass is 9.99. The van der Waals surface area contributed by atoms with Crippen molar-refractivity contribution < 1.29 is 28.2 Å². The molecule has 3 aromatic rings. The minimum atomic E-state index is -2.06. The van der Waals surface area contributed by atoms with Crippen molar-refractivity contribution in [2.45, 2.75) is 141 Å². The average Bonchev–Trinajstić information content (AvgIpc) is 3.57. The number of nitriles is 2. The summed E-state index contributed by atoms with van der Waals surface area (Å²) in [6, 6.07) is 10.9. The summed E-state index contributed by atoms with van der Waals surface area (Å²) >= 11 is 0. The molecule has 288 valence electrons. The fourth-order valence-electron chi connectivity index (χ4n) is 5.88. The summed E-state index contributed by atoms with van der Waals surface area (Å²) in [6.07, 6.45) is 26.2. The normalized spacial score (nSPS) is 12.8. The molecule has 0 aliphatic heterocycles. The predicted octanol–water partition coefficient (Wildman–Crippen LogP) is 9.85. The number of ether oxygens (including phenoxy) is 1. The maximum Gasteiger partial charge on any atom is 0.329 e. The molecule has 52 heavy (non-hydrogen) atoms. The van der Waals surface area contributed by atoms with Crippen molar-refractivity contribution in [3.8, 4) is 17.9 Å². The first-order valence-electron chi connectivity index (χ1n) is 19.0. The lowest BCUT2D eigenvalue weighted by Gasteiger charge is -2.25. The Morgan fingerprint density at radius 3 is 1.96 bits per heavy atom. The van der Waals surface area contributed by atoms with E-state index in [1.165, 1.54) is 122 Å². The number of hydrogen-bond acceptors (Lipinski definition) is 10. The number of aromatic hydroxyl groups is 1. The van der Waals surface area contributed by atoms with Crippen molar-refractivity contribution in [3.05, 3.63) is 53.7 Å². The fraction of sp³-hybridized carbons (Fsp3) is 0.641. The van der Waals surface area contributed by atoms with Crippen molar-refractivity contribution in [1.82, 2.24) is 14.6 Å². The maximum atomic E-state index is 12.3. The van der Waals surface area contributed by atoms with Crippen molar-refractivity contribution in [1.29, 1.82) is 10.5 Å². The number of nitrogens with two attached hydrogens (primary N) is 1. The Morgan fingerprint density at radius 2 is 1.44 bits per heavy atom. The summed E-state index contributed by atoms with van der Waals surface area (Å²) in [5.74, 6) is -0.427. The van der Waals surface area contributed by atoms with Gasteiger partial charge in [-0.15, -0.1) is 0 Å². The zero-order valence-electron chi connectivity index (χ0n) is 31.3. The highest BCUT2D eigenvalue weighted by atomic mass is 31.2. The van der Waals surface area contributed by atoms with Crippen molar-refractivity contribution in [3.63, 3.8) is 0 Å². The highest BCUT2D eigenvalue weighted by Crippen LogP contribution is 2.35. The Labute approximate surface area is 311 Å². The molecule has 0 saturated carbocycles. The van der Waals surface area contributed by atoms with Gasteiger partial charge in [-0.2, -0.15) is 15.6 Å². The van der Waals surface area contributed by atoms with Gasteiger partial charge >= 0.3 is 8.60 Å². The summed E-state index contributed by atoms with van der Waals surface area (Å²) in [5.41, 5.74) is 6.42. The molecule has 0 amide bonds. The first-order chi connectivity index (χ1) is 25.3. The summed E-state index contributed by atoms with van der Waals surface area (Å²) in [5, 5.41) is 31.0. The number of nitrogen functional groups attached to an aromatic ring is 1. The second-order valence-corrected chi connectivity index (χ2v) is 14.2. The highest BCUT2D eigenvalue weighted by Gasteiger charge is 2.32. The number of aryl methyl sites for hydroxylation is 1. The van der Waals surface area contributed by atoms with E-state index < -0.39 is 20.0 Å². The summed E-state index contributed by atoms with van der Waals surface area (Å²) < 4.78 is 30.5. The Kier molecular flexibility index (Phi) is 23.5. The van der Waals surface area contributed by atoms with E-state index in [1.807, 2.05) is 12.1 Å². The summed E-state index contributed by atoms with van der Waals surface area (Å²) in [6.45, 7) is 2.65. The Balaban J connectivity index is 0.000000802. The Bertz CT molecular complexity index is 1460. The van der Waals surface area contributed by atoms with Gasteiger partial charge in [0.1, 0.15) is 29.5 Å². The van der Waals surface area contributed by atoms with Gasteiger partial charge < -0.3 is 29.5 Å². The summed E-state index contributed by atoms with van der Waals surface area (Å²) in [4.78, 5) is 14.2. The fourth-order valence-corrected chi connectivity index (χ4v) is 6.55. The van der Waals surface area contributed by atoms with Crippen molar-refractivity contribution >= 4 is 19.9 Å². The number of hydrogen-bond donors (Lipinski definition) is 3. The number of phenols is 1. The van der Waals surface area contributed by atoms with Crippen molar-refractivity contribution in [2.24, 2.45) is 0 Å². The molecule has 1 aromatic carbocycles. The van der Waals surface area contributed by atoms with E-state index >= 15 is 0 Å². The van der Waals surface area contributed by atoms with Crippen LogP contribution in [0.25, 0.3) is 5.52 Å². The van der Waals surface area contributed by atoms with E-state index in [4.69, 9.17) is 29.9 Å². The molecule has 11 nitrogen and oxygen atoms in total. The maximum absolute atomic E-state index is 12.3. The minimum absolute atomic E-state index is 0.0816. The van der Waals surface area contributed by atoms with Crippen LogP contribution in [0.15, 0.2) is 36.7 Å². The van der Waals surface area contributed by atoms with Crippen LogP contribution in [-0.4, -0.2) is 50.5 Å². The van der Waals surface area contributed by atoms with Crippen LogP contribution in [0.5, 0.6) is 5.75 Å². The van der Waals surface area contributed by atoms with Gasteiger partial charge in [0.2, 0.25) is 0 Å². The van der Waals surface area contributed by atoms with Gasteiger partial charge in [-0.05, 0) is 43.5 Å². The topological polar surface area (TPSA) is 172 Å². The standard InChI is InChI=1S/C32H56N5O4P.C7H4FNO/c1-3-4-5-6-7-8-9-10-11-12-13-14-15-16-17-18-19-20-25-40-42(38)41-27-32(26-33,39-2)24-23-29-21-22-30-31(34)35-28-36-37(29)30;8-6-1-5(4-9)2-7(10)3-6/h21-22,28,38H,3-20,23-25,27H2,1-2H3,(H2,34,35,36);1-3,10H. The quantitative estimate of drug-likeness (QED) is 0.0504. The van der Waals surface area contributed by atoms with Gasteiger partial charge in [0, 0.05) is 18.9 Å². The lowest BCUT2D eigenvalue weighted by molar-refractivity contribution is -0.0108. The second-order valence-electron chi connectivity index (χ2n) is 13.2. The van der Waals surface area contributed by atoms with Crippen LogP contribution in [0.1, 0.15) is 140 Å². The van der Waals surface area contributed by atoms with Crippen LogP contribution in [0.2, 0.25) is 0 Å². The molecule has 0 fully saturated rings. The number of nitrogens with zero attached hydrogens (tertiary/aromatic N) is 5. The number of benzene rings is 1. The van der Waals surface area contributed by atoms with Crippen LogP contribution in [-0.2, 0) is 20.2 Å². The lowest BCUT2D eigenvalue weighted by Crippen LogP contribution is -2.35. The number of rotatable bonds is 27. The van der Waals surface area contributed by atoms with Crippen LogP contribution in [0.4, 0.5) is 10.2 Å². The average molecular weight is 743 g/mol. The number of unbranched alkanes of at least 4 members (excludes halogenated alkanes) is 17. The molecule has 0 aliphatic rings. The summed E-state index contributed by atoms with van der Waals surface area (Å²) in [7, 11) is -0.590. The third-order valence-electron chi connectivity index (χ3n) is 9.06. The van der Waals surface area contributed by atoms with E-state index in [2.05, 4.69) is 23.1 Å². The first kappa shape index (κ1) is 44.8. The zero-order chi connectivity index (χ0) is 37.9. The Morgan fingerprint density at radius 1 is 0.865 bits per heavy atom. The van der Waals surface area contributed by atoms with Gasteiger partial charge in [-0.25, -0.2) is 13.9 Å². The monoisotopic (exact) mass is 742 g/mol. The molecule has 2 heterocycles. The third kappa shape index (κ3) is 18.4. The number of fused-ring (bicyclic) bond motifs is 1. The highest BCUT2D eigenvalue weighted by molar-refractivity contribution is 7.40.